The highest BCUT2D eigenvalue weighted by atomic mass is 19.3. The summed E-state index contributed by atoms with van der Waals surface area (Å²) in [5.41, 5.74) is 0. The highest BCUT2D eigenvalue weighted by Crippen LogP contribution is 2.41. The number of ether oxygens (including phenoxy) is 1. The Labute approximate surface area is 115 Å². The zero-order valence-corrected chi connectivity index (χ0v) is 11.9. The van der Waals surface area contributed by atoms with Crippen LogP contribution in [0.15, 0.2) is 12.2 Å². The van der Waals surface area contributed by atoms with Crippen molar-refractivity contribution >= 4 is 0 Å². The Hall–Kier alpha value is -0.440. The number of hydrogen-bond donors (Lipinski definition) is 0. The van der Waals surface area contributed by atoms with Crippen LogP contribution in [0.2, 0.25) is 0 Å². The predicted octanol–water partition coefficient (Wildman–Crippen LogP) is 5.17. The predicted molar refractivity (Wildman–Crippen MR) is 73.1 cm³/mol. The van der Waals surface area contributed by atoms with Crippen LogP contribution in [0, 0.1) is 17.8 Å². The van der Waals surface area contributed by atoms with E-state index < -0.39 is 6.08 Å². The number of hydrogen-bond acceptors (Lipinski definition) is 1. The Morgan fingerprint density at radius 3 is 1.95 bits per heavy atom. The molecule has 2 rings (SSSR count). The minimum atomic E-state index is -1.50. The van der Waals surface area contributed by atoms with Crippen molar-refractivity contribution in [1.82, 2.24) is 0 Å². The van der Waals surface area contributed by atoms with Gasteiger partial charge in [-0.2, -0.15) is 8.78 Å². The van der Waals surface area contributed by atoms with Gasteiger partial charge in [0.1, 0.15) is 0 Å². The van der Waals surface area contributed by atoms with Gasteiger partial charge in [-0.15, -0.1) is 0 Å². The minimum Gasteiger partial charge on any atom is -0.379 e. The van der Waals surface area contributed by atoms with Crippen LogP contribution in [0.4, 0.5) is 8.78 Å². The molecule has 0 aromatic heterocycles. The van der Waals surface area contributed by atoms with Gasteiger partial charge in [0.25, 0.3) is 6.08 Å². The Kier molecular flexibility index (Phi) is 5.80. The highest BCUT2D eigenvalue weighted by Gasteiger charge is 2.30. The molecule has 0 radical (unpaired) electrons. The first kappa shape index (κ1) is 15.0. The van der Waals surface area contributed by atoms with E-state index in [1.54, 1.807) is 0 Å². The van der Waals surface area contributed by atoms with E-state index in [4.69, 9.17) is 4.74 Å². The van der Waals surface area contributed by atoms with Crippen molar-refractivity contribution in [3.8, 4) is 0 Å². The average molecular weight is 272 g/mol. The van der Waals surface area contributed by atoms with Crippen LogP contribution in [-0.2, 0) is 4.74 Å². The van der Waals surface area contributed by atoms with Gasteiger partial charge in [0.2, 0.25) is 0 Å². The van der Waals surface area contributed by atoms with Crippen molar-refractivity contribution in [3.63, 3.8) is 0 Å². The van der Waals surface area contributed by atoms with E-state index >= 15 is 0 Å². The zero-order chi connectivity index (χ0) is 13.7. The van der Waals surface area contributed by atoms with E-state index in [1.807, 2.05) is 0 Å². The maximum absolute atomic E-state index is 12.2. The van der Waals surface area contributed by atoms with Gasteiger partial charge in [-0.05, 0) is 82.1 Å². The maximum atomic E-state index is 12.2. The van der Waals surface area contributed by atoms with Gasteiger partial charge in [-0.25, -0.2) is 0 Å². The molecule has 0 amide bonds. The Morgan fingerprint density at radius 1 is 0.947 bits per heavy atom. The van der Waals surface area contributed by atoms with Crippen LogP contribution < -0.4 is 0 Å². The SMILES string of the molecule is CCO[C@H]1CC[C@H]([C@H]2CC[C@H](C=C(F)F)CC2)CC1. The van der Waals surface area contributed by atoms with Crippen molar-refractivity contribution in [2.24, 2.45) is 17.8 Å². The first-order chi connectivity index (χ1) is 9.19. The minimum absolute atomic E-state index is 0.126. The Balaban J connectivity index is 1.72. The van der Waals surface area contributed by atoms with E-state index in [0.717, 1.165) is 44.1 Å². The quantitative estimate of drug-likeness (QED) is 0.686. The van der Waals surface area contributed by atoms with Gasteiger partial charge < -0.3 is 4.74 Å². The first-order valence-electron chi connectivity index (χ1n) is 7.83. The fourth-order valence-corrected chi connectivity index (χ4v) is 3.92. The number of halogens is 2. The van der Waals surface area contributed by atoms with E-state index in [2.05, 4.69) is 6.92 Å². The fraction of sp³-hybridized carbons (Fsp3) is 0.875. The number of allylic oxidation sites excluding steroid dienone is 1. The molecule has 3 heteroatoms. The van der Waals surface area contributed by atoms with Crippen LogP contribution in [0.3, 0.4) is 0 Å². The highest BCUT2D eigenvalue weighted by molar-refractivity contribution is 4.92. The lowest BCUT2D eigenvalue weighted by atomic mass is 9.70. The smallest absolute Gasteiger partial charge is 0.266 e. The standard InChI is InChI=1S/C16H26F2O/c1-2-19-15-9-7-14(8-10-15)13-5-3-12(4-6-13)11-16(17)18/h11-15H,2-10H2,1H3/t12-,13-,14-,15-. The molecule has 2 saturated carbocycles. The molecule has 0 bridgehead atoms. The molecular formula is C16H26F2O. The lowest BCUT2D eigenvalue weighted by Crippen LogP contribution is -2.28. The molecule has 2 aliphatic rings. The molecular weight excluding hydrogens is 246 g/mol. The maximum Gasteiger partial charge on any atom is 0.266 e. The topological polar surface area (TPSA) is 9.23 Å². The normalized spacial score (nSPS) is 35.9. The summed E-state index contributed by atoms with van der Waals surface area (Å²) in [6.07, 6.45) is 9.25. The molecule has 0 N–H and O–H groups in total. The first-order valence-corrected chi connectivity index (χ1v) is 7.83. The Bertz CT molecular complexity index is 283. The van der Waals surface area contributed by atoms with Crippen LogP contribution in [0.1, 0.15) is 58.3 Å². The fourth-order valence-electron chi connectivity index (χ4n) is 3.92. The molecule has 0 aromatic rings. The summed E-state index contributed by atoms with van der Waals surface area (Å²) in [5, 5.41) is 0. The van der Waals surface area contributed by atoms with Crippen molar-refractivity contribution in [2.45, 2.75) is 64.4 Å². The summed E-state index contributed by atoms with van der Waals surface area (Å²) in [6.45, 7) is 2.88. The molecule has 0 atom stereocenters. The van der Waals surface area contributed by atoms with Crippen LogP contribution in [-0.4, -0.2) is 12.7 Å². The van der Waals surface area contributed by atoms with Crippen molar-refractivity contribution in [1.29, 1.82) is 0 Å². The molecule has 2 aliphatic carbocycles. The lowest BCUT2D eigenvalue weighted by molar-refractivity contribution is 0.0142. The van der Waals surface area contributed by atoms with Gasteiger partial charge in [-0.3, -0.25) is 0 Å². The second-order valence-corrected chi connectivity index (χ2v) is 6.12. The molecule has 2 fully saturated rings. The third kappa shape index (κ3) is 4.55. The van der Waals surface area contributed by atoms with E-state index in [-0.39, 0.29) is 5.92 Å². The summed E-state index contributed by atoms with van der Waals surface area (Å²) < 4.78 is 30.2. The third-order valence-corrected chi connectivity index (χ3v) is 4.97. The van der Waals surface area contributed by atoms with Crippen LogP contribution in [0.25, 0.3) is 0 Å². The van der Waals surface area contributed by atoms with Crippen LogP contribution in [0.5, 0.6) is 0 Å². The molecule has 0 saturated heterocycles. The molecule has 0 heterocycles. The van der Waals surface area contributed by atoms with Gasteiger partial charge in [0.05, 0.1) is 6.10 Å². The molecule has 0 aromatic carbocycles. The molecule has 1 nitrogen and oxygen atoms in total. The molecule has 19 heavy (non-hydrogen) atoms. The summed E-state index contributed by atoms with van der Waals surface area (Å²) in [5.74, 6) is 1.72. The molecule has 110 valence electrons. The zero-order valence-electron chi connectivity index (χ0n) is 11.9. The van der Waals surface area contributed by atoms with Crippen molar-refractivity contribution in [3.05, 3.63) is 12.2 Å². The summed E-state index contributed by atoms with van der Waals surface area (Å²) in [7, 11) is 0. The molecule has 0 aliphatic heterocycles. The van der Waals surface area contributed by atoms with Crippen LogP contribution >= 0.6 is 0 Å². The second kappa shape index (κ2) is 7.37. The lowest BCUT2D eigenvalue weighted by Gasteiger charge is -2.37. The van der Waals surface area contributed by atoms with Gasteiger partial charge in [-0.1, -0.05) is 0 Å². The van der Waals surface area contributed by atoms with Crippen molar-refractivity contribution < 1.29 is 13.5 Å². The molecule has 0 unspecified atom stereocenters. The van der Waals surface area contributed by atoms with Gasteiger partial charge in [0.15, 0.2) is 0 Å². The summed E-state index contributed by atoms with van der Waals surface area (Å²) >= 11 is 0. The van der Waals surface area contributed by atoms with E-state index in [1.165, 1.54) is 31.8 Å². The third-order valence-electron chi connectivity index (χ3n) is 4.97. The summed E-state index contributed by atoms with van der Waals surface area (Å²) in [4.78, 5) is 0. The second-order valence-electron chi connectivity index (χ2n) is 6.12. The average Bonchev–Trinajstić information content (AvgIpc) is 2.40. The van der Waals surface area contributed by atoms with Gasteiger partial charge >= 0.3 is 0 Å². The monoisotopic (exact) mass is 272 g/mol. The summed E-state index contributed by atoms with van der Waals surface area (Å²) in [6, 6.07) is 0. The largest absolute Gasteiger partial charge is 0.379 e. The van der Waals surface area contributed by atoms with Crippen molar-refractivity contribution in [2.75, 3.05) is 6.61 Å². The van der Waals surface area contributed by atoms with E-state index in [0.29, 0.717) is 6.10 Å². The van der Waals surface area contributed by atoms with E-state index in [9.17, 15) is 8.78 Å². The Morgan fingerprint density at radius 2 is 1.47 bits per heavy atom. The number of rotatable bonds is 4. The van der Waals surface area contributed by atoms with Gasteiger partial charge in [0, 0.05) is 6.61 Å². The molecule has 0 spiro atoms.